The zero-order chi connectivity index (χ0) is 14.6. The lowest BCUT2D eigenvalue weighted by Crippen LogP contribution is -2.19. The third kappa shape index (κ3) is 3.74. The Hall–Kier alpha value is -2.01. The van der Waals surface area contributed by atoms with Gasteiger partial charge in [0.2, 0.25) is 0 Å². The Morgan fingerprint density at radius 1 is 1.15 bits per heavy atom. The van der Waals surface area contributed by atoms with Crippen molar-refractivity contribution in [2.75, 3.05) is 0 Å². The fourth-order valence-electron chi connectivity index (χ4n) is 1.80. The number of aliphatic hydroxyl groups is 1. The molecule has 1 N–H and O–H groups in total. The minimum absolute atomic E-state index is 0.148. The molecule has 0 radical (unpaired) electrons. The molecule has 20 heavy (non-hydrogen) atoms. The molecule has 0 fully saturated rings. The Morgan fingerprint density at radius 2 is 1.85 bits per heavy atom. The van der Waals surface area contributed by atoms with Crippen molar-refractivity contribution in [1.29, 1.82) is 0 Å². The predicted molar refractivity (Wildman–Crippen MR) is 70.9 cm³/mol. The first-order valence-electron chi connectivity index (χ1n) is 6.09. The summed E-state index contributed by atoms with van der Waals surface area (Å²) < 4.78 is 38.6. The second-order valence-corrected chi connectivity index (χ2v) is 4.40. The third-order valence-electron chi connectivity index (χ3n) is 2.83. The van der Waals surface area contributed by atoms with E-state index in [9.17, 15) is 13.2 Å². The third-order valence-corrected chi connectivity index (χ3v) is 2.83. The first-order valence-corrected chi connectivity index (χ1v) is 6.09. The quantitative estimate of drug-likeness (QED) is 0.906. The maximum absolute atomic E-state index is 12.3. The average molecular weight is 281 g/mol. The Labute approximate surface area is 114 Å². The van der Waals surface area contributed by atoms with E-state index in [0.717, 1.165) is 5.56 Å². The standard InChI is InChI=1S/C15H14F3NO/c16-15(17,18)14(20)13-8-10-19(11-13)9-4-7-12-5-2-1-3-6-12/h1-8,10-11,14,20H,9H2/b7-4+. The van der Waals surface area contributed by atoms with Crippen LogP contribution in [-0.4, -0.2) is 15.8 Å². The van der Waals surface area contributed by atoms with Gasteiger partial charge in [-0.25, -0.2) is 0 Å². The number of nitrogens with zero attached hydrogens (tertiary/aromatic N) is 1. The van der Waals surface area contributed by atoms with Crippen LogP contribution in [0.25, 0.3) is 6.08 Å². The second kappa shape index (κ2) is 5.96. The summed E-state index contributed by atoms with van der Waals surface area (Å²) in [4.78, 5) is 0. The van der Waals surface area contributed by atoms with Crippen molar-refractivity contribution in [3.63, 3.8) is 0 Å². The lowest BCUT2D eigenvalue weighted by molar-refractivity contribution is -0.206. The Balaban J connectivity index is 1.98. The number of hydrogen-bond donors (Lipinski definition) is 1. The second-order valence-electron chi connectivity index (χ2n) is 4.40. The number of allylic oxidation sites excluding steroid dienone is 1. The van der Waals surface area contributed by atoms with Gasteiger partial charge in [0.15, 0.2) is 6.10 Å². The van der Waals surface area contributed by atoms with E-state index < -0.39 is 12.3 Å². The van der Waals surface area contributed by atoms with Crippen LogP contribution < -0.4 is 0 Å². The first-order chi connectivity index (χ1) is 9.47. The number of benzene rings is 1. The molecule has 0 bridgehead atoms. The van der Waals surface area contributed by atoms with Gasteiger partial charge in [0.25, 0.3) is 0 Å². The molecule has 1 aromatic heterocycles. The molecule has 106 valence electrons. The van der Waals surface area contributed by atoms with Gasteiger partial charge >= 0.3 is 6.18 Å². The summed E-state index contributed by atoms with van der Waals surface area (Å²) >= 11 is 0. The maximum atomic E-state index is 12.3. The van der Waals surface area contributed by atoms with Crippen LogP contribution in [0.1, 0.15) is 17.2 Å². The highest BCUT2D eigenvalue weighted by atomic mass is 19.4. The van der Waals surface area contributed by atoms with E-state index in [4.69, 9.17) is 5.11 Å². The molecule has 0 aliphatic heterocycles. The van der Waals surface area contributed by atoms with Crippen molar-refractivity contribution in [3.8, 4) is 0 Å². The molecule has 0 amide bonds. The molecule has 2 aromatic rings. The molecule has 1 heterocycles. The van der Waals surface area contributed by atoms with Crippen LogP contribution in [-0.2, 0) is 6.54 Å². The normalized spacial score (nSPS) is 13.8. The number of halogens is 3. The highest BCUT2D eigenvalue weighted by Crippen LogP contribution is 2.32. The fraction of sp³-hybridized carbons (Fsp3) is 0.200. The molecular formula is C15H14F3NO. The summed E-state index contributed by atoms with van der Waals surface area (Å²) in [5.74, 6) is 0. The van der Waals surface area contributed by atoms with Gasteiger partial charge in [0.1, 0.15) is 0 Å². The van der Waals surface area contributed by atoms with Crippen LogP contribution >= 0.6 is 0 Å². The molecule has 2 nitrogen and oxygen atoms in total. The molecular weight excluding hydrogens is 267 g/mol. The van der Waals surface area contributed by atoms with Crippen molar-refractivity contribution >= 4 is 6.08 Å². The topological polar surface area (TPSA) is 25.2 Å². The highest BCUT2D eigenvalue weighted by molar-refractivity contribution is 5.48. The SMILES string of the molecule is OC(c1ccn(C/C=C/c2ccccc2)c1)C(F)(F)F. The maximum Gasteiger partial charge on any atom is 0.418 e. The first kappa shape index (κ1) is 14.4. The van der Waals surface area contributed by atoms with E-state index in [1.165, 1.54) is 18.5 Å². The zero-order valence-electron chi connectivity index (χ0n) is 10.6. The minimum Gasteiger partial charge on any atom is -0.379 e. The van der Waals surface area contributed by atoms with E-state index in [1.54, 1.807) is 4.57 Å². The summed E-state index contributed by atoms with van der Waals surface area (Å²) in [6.07, 6.45) is -0.514. The van der Waals surface area contributed by atoms with Crippen molar-refractivity contribution in [1.82, 2.24) is 4.57 Å². The largest absolute Gasteiger partial charge is 0.418 e. The number of hydrogen-bond acceptors (Lipinski definition) is 1. The monoisotopic (exact) mass is 281 g/mol. The van der Waals surface area contributed by atoms with E-state index in [2.05, 4.69) is 0 Å². The van der Waals surface area contributed by atoms with Crippen LogP contribution in [0.5, 0.6) is 0 Å². The smallest absolute Gasteiger partial charge is 0.379 e. The number of aromatic nitrogens is 1. The van der Waals surface area contributed by atoms with Crippen LogP contribution in [0.2, 0.25) is 0 Å². The number of rotatable bonds is 4. The van der Waals surface area contributed by atoms with Gasteiger partial charge in [-0.2, -0.15) is 13.2 Å². The molecule has 2 rings (SSSR count). The predicted octanol–water partition coefficient (Wildman–Crippen LogP) is 3.80. The van der Waals surface area contributed by atoms with Crippen LogP contribution in [0, 0.1) is 0 Å². The van der Waals surface area contributed by atoms with E-state index >= 15 is 0 Å². The molecule has 1 aromatic carbocycles. The molecule has 0 aliphatic rings. The van der Waals surface area contributed by atoms with Gasteiger partial charge in [-0.15, -0.1) is 0 Å². The average Bonchev–Trinajstić information content (AvgIpc) is 2.87. The number of alkyl halides is 3. The van der Waals surface area contributed by atoms with Crippen molar-refractivity contribution in [2.24, 2.45) is 0 Å². The summed E-state index contributed by atoms with van der Waals surface area (Å²) in [6.45, 7) is 0.444. The van der Waals surface area contributed by atoms with E-state index in [1.807, 2.05) is 42.5 Å². The van der Waals surface area contributed by atoms with Crippen molar-refractivity contribution < 1.29 is 18.3 Å². The lowest BCUT2D eigenvalue weighted by Gasteiger charge is -2.12. The van der Waals surface area contributed by atoms with Gasteiger partial charge in [-0.1, -0.05) is 42.5 Å². The Bertz CT molecular complexity index is 572. The van der Waals surface area contributed by atoms with Gasteiger partial charge in [0.05, 0.1) is 0 Å². The summed E-state index contributed by atoms with van der Waals surface area (Å²) in [7, 11) is 0. The summed E-state index contributed by atoms with van der Waals surface area (Å²) in [5, 5.41) is 9.12. The number of aliphatic hydroxyl groups excluding tert-OH is 1. The zero-order valence-corrected chi connectivity index (χ0v) is 10.6. The summed E-state index contributed by atoms with van der Waals surface area (Å²) in [5.41, 5.74) is 0.876. The fourth-order valence-corrected chi connectivity index (χ4v) is 1.80. The molecule has 0 saturated heterocycles. The van der Waals surface area contributed by atoms with Crippen molar-refractivity contribution in [3.05, 3.63) is 66.0 Å². The Kier molecular flexibility index (Phi) is 4.29. The van der Waals surface area contributed by atoms with Crippen LogP contribution in [0.4, 0.5) is 13.2 Å². The molecule has 0 aliphatic carbocycles. The van der Waals surface area contributed by atoms with Gasteiger partial charge in [-0.3, -0.25) is 0 Å². The van der Waals surface area contributed by atoms with E-state index in [0.29, 0.717) is 6.54 Å². The molecule has 1 atom stereocenters. The molecule has 0 saturated carbocycles. The van der Waals surface area contributed by atoms with Gasteiger partial charge in [-0.05, 0) is 11.6 Å². The van der Waals surface area contributed by atoms with Crippen LogP contribution in [0.15, 0.2) is 54.9 Å². The Morgan fingerprint density at radius 3 is 2.50 bits per heavy atom. The van der Waals surface area contributed by atoms with Crippen LogP contribution in [0.3, 0.4) is 0 Å². The molecule has 5 heteroatoms. The van der Waals surface area contributed by atoms with Crippen molar-refractivity contribution in [2.45, 2.75) is 18.8 Å². The van der Waals surface area contributed by atoms with Gasteiger partial charge in [0, 0.05) is 24.5 Å². The molecule has 1 unspecified atom stereocenters. The van der Waals surface area contributed by atoms with Gasteiger partial charge < -0.3 is 9.67 Å². The molecule has 0 spiro atoms. The lowest BCUT2D eigenvalue weighted by atomic mass is 10.2. The summed E-state index contributed by atoms with van der Waals surface area (Å²) in [6, 6.07) is 10.9. The van der Waals surface area contributed by atoms with E-state index in [-0.39, 0.29) is 5.56 Å². The highest BCUT2D eigenvalue weighted by Gasteiger charge is 2.39. The minimum atomic E-state index is -4.63.